The van der Waals surface area contributed by atoms with E-state index in [0.29, 0.717) is 24.1 Å². The van der Waals surface area contributed by atoms with Crippen LogP contribution >= 0.6 is 0 Å². The molecule has 0 radical (unpaired) electrons. The molecule has 1 aliphatic heterocycles. The van der Waals surface area contributed by atoms with Crippen LogP contribution in [-0.4, -0.2) is 24.4 Å². The highest BCUT2D eigenvalue weighted by atomic mass is 16.1. The van der Waals surface area contributed by atoms with Gasteiger partial charge in [0, 0.05) is 36.9 Å². The second kappa shape index (κ2) is 6.02. The number of benzene rings is 1. The van der Waals surface area contributed by atoms with Crippen LogP contribution in [-0.2, 0) is 4.79 Å². The molecule has 6 heteroatoms. The number of nitrogens with zero attached hydrogens (tertiary/aromatic N) is 2. The van der Waals surface area contributed by atoms with Gasteiger partial charge >= 0.3 is 0 Å². The van der Waals surface area contributed by atoms with E-state index in [1.54, 1.807) is 13.1 Å². The lowest BCUT2D eigenvalue weighted by molar-refractivity contribution is -0.118. The molecule has 1 aromatic carbocycles. The van der Waals surface area contributed by atoms with E-state index in [1.165, 1.54) is 0 Å². The highest BCUT2D eigenvalue weighted by molar-refractivity contribution is 6.05. The molecular formula is C19H24N4O2. The number of anilines is 2. The third kappa shape index (κ3) is 3.16. The molecule has 3 rings (SSSR count). The Hall–Kier alpha value is -2.63. The van der Waals surface area contributed by atoms with Gasteiger partial charge < -0.3 is 11.1 Å². The number of amides is 1. The third-order valence-electron chi connectivity index (χ3n) is 4.71. The van der Waals surface area contributed by atoms with Crippen LogP contribution in [0.15, 0.2) is 34.6 Å². The zero-order valence-electron chi connectivity index (χ0n) is 15.1. The van der Waals surface area contributed by atoms with Gasteiger partial charge in [-0.3, -0.25) is 9.59 Å². The molecule has 1 amide bonds. The maximum Gasteiger partial charge on any atom is 0.250 e. The van der Waals surface area contributed by atoms with Crippen molar-refractivity contribution in [2.75, 3.05) is 17.4 Å². The summed E-state index contributed by atoms with van der Waals surface area (Å²) < 4.78 is 0. The smallest absolute Gasteiger partial charge is 0.250 e. The number of hydrogen-bond donors (Lipinski definition) is 2. The standard InChI is InChI=1S/C19H24N4O2/c1-11-7-14-16(9-19(2,3)10-17(14)24)23(22-11)12-5-6-13(18(20)25)15(8-12)21-4/h5-6,8,21H,7,9-10H2,1-4H3,(H2,20,25). The summed E-state index contributed by atoms with van der Waals surface area (Å²) in [6, 6.07) is 5.36. The van der Waals surface area contributed by atoms with E-state index in [9.17, 15) is 9.59 Å². The summed E-state index contributed by atoms with van der Waals surface area (Å²) in [5.74, 6) is -0.281. The summed E-state index contributed by atoms with van der Waals surface area (Å²) >= 11 is 0. The zero-order chi connectivity index (χ0) is 18.4. The Balaban J connectivity index is 2.10. The summed E-state index contributed by atoms with van der Waals surface area (Å²) in [5.41, 5.74) is 9.94. The summed E-state index contributed by atoms with van der Waals surface area (Å²) in [4.78, 5) is 24.2. The van der Waals surface area contributed by atoms with Gasteiger partial charge in [0.1, 0.15) is 0 Å². The van der Waals surface area contributed by atoms with E-state index >= 15 is 0 Å². The number of allylic oxidation sites excluding steroid dienone is 2. The maximum absolute atomic E-state index is 12.6. The number of rotatable bonds is 3. The van der Waals surface area contributed by atoms with Gasteiger partial charge in [-0.2, -0.15) is 5.10 Å². The molecular weight excluding hydrogens is 316 g/mol. The third-order valence-corrected chi connectivity index (χ3v) is 4.71. The summed E-state index contributed by atoms with van der Waals surface area (Å²) in [6.07, 6.45) is 1.96. The molecule has 1 aliphatic carbocycles. The predicted octanol–water partition coefficient (Wildman–Crippen LogP) is 3.06. The first-order valence-electron chi connectivity index (χ1n) is 8.43. The van der Waals surface area contributed by atoms with Gasteiger partial charge in [-0.05, 0) is 37.0 Å². The molecule has 0 saturated carbocycles. The predicted molar refractivity (Wildman–Crippen MR) is 99.8 cm³/mol. The SMILES string of the molecule is CNc1cc(N2N=C(C)CC3=C2CC(C)(C)CC3=O)ccc1C(N)=O. The fourth-order valence-electron chi connectivity index (χ4n) is 3.55. The Bertz CT molecular complexity index is 821. The number of primary amides is 1. The summed E-state index contributed by atoms with van der Waals surface area (Å²) in [6.45, 7) is 6.14. The number of nitrogens with two attached hydrogens (primary N) is 1. The normalized spacial score (nSPS) is 19.4. The van der Waals surface area contributed by atoms with Crippen LogP contribution in [0.25, 0.3) is 0 Å². The number of hydrogen-bond acceptors (Lipinski definition) is 5. The Kier molecular flexibility index (Phi) is 4.14. The Morgan fingerprint density at radius 2 is 2.04 bits per heavy atom. The first-order chi connectivity index (χ1) is 11.7. The molecule has 0 aromatic heterocycles. The van der Waals surface area contributed by atoms with Crippen molar-refractivity contribution in [3.63, 3.8) is 0 Å². The van der Waals surface area contributed by atoms with Gasteiger partial charge in [0.15, 0.2) is 5.78 Å². The Morgan fingerprint density at radius 3 is 2.68 bits per heavy atom. The van der Waals surface area contributed by atoms with Crippen LogP contribution in [0.1, 0.15) is 50.4 Å². The molecule has 25 heavy (non-hydrogen) atoms. The molecule has 0 spiro atoms. The van der Waals surface area contributed by atoms with Crippen LogP contribution in [0.5, 0.6) is 0 Å². The second-order valence-corrected chi connectivity index (χ2v) is 7.53. The monoisotopic (exact) mass is 340 g/mol. The lowest BCUT2D eigenvalue weighted by Crippen LogP contribution is -2.35. The average molecular weight is 340 g/mol. The summed E-state index contributed by atoms with van der Waals surface area (Å²) in [5, 5.41) is 9.53. The summed E-state index contributed by atoms with van der Waals surface area (Å²) in [7, 11) is 1.74. The van der Waals surface area contributed by atoms with Crippen LogP contribution in [0.4, 0.5) is 11.4 Å². The van der Waals surface area contributed by atoms with E-state index in [2.05, 4.69) is 24.3 Å². The fraction of sp³-hybridized carbons (Fsp3) is 0.421. The molecule has 2 aliphatic rings. The lowest BCUT2D eigenvalue weighted by atomic mass is 9.74. The molecule has 1 heterocycles. The topological polar surface area (TPSA) is 87.8 Å². The van der Waals surface area contributed by atoms with Crippen molar-refractivity contribution >= 4 is 28.8 Å². The van der Waals surface area contributed by atoms with Gasteiger partial charge in [0.25, 0.3) is 5.91 Å². The minimum absolute atomic E-state index is 0.0894. The number of hydrazone groups is 1. The molecule has 0 unspecified atom stereocenters. The van der Waals surface area contributed by atoms with Crippen LogP contribution < -0.4 is 16.1 Å². The van der Waals surface area contributed by atoms with Crippen molar-refractivity contribution in [2.45, 2.75) is 40.0 Å². The number of nitrogens with one attached hydrogen (secondary N) is 1. The number of Topliss-reactive ketones (excluding diaryl/α,β-unsaturated/α-hetero) is 1. The second-order valence-electron chi connectivity index (χ2n) is 7.53. The van der Waals surface area contributed by atoms with Crippen LogP contribution in [0.2, 0.25) is 0 Å². The van der Waals surface area contributed by atoms with E-state index < -0.39 is 5.91 Å². The Morgan fingerprint density at radius 1 is 1.32 bits per heavy atom. The van der Waals surface area contributed by atoms with Crippen molar-refractivity contribution in [1.29, 1.82) is 0 Å². The van der Waals surface area contributed by atoms with Crippen molar-refractivity contribution in [3.8, 4) is 0 Å². The Labute approximate surface area is 147 Å². The zero-order valence-corrected chi connectivity index (χ0v) is 15.1. The van der Waals surface area contributed by atoms with Crippen LogP contribution in [0, 0.1) is 5.41 Å². The van der Waals surface area contributed by atoms with Crippen molar-refractivity contribution in [2.24, 2.45) is 16.3 Å². The number of carbonyl (C=O) groups excluding carboxylic acids is 2. The highest BCUT2D eigenvalue weighted by Gasteiger charge is 2.37. The fourth-order valence-corrected chi connectivity index (χ4v) is 3.55. The van der Waals surface area contributed by atoms with Gasteiger partial charge in [-0.1, -0.05) is 13.8 Å². The van der Waals surface area contributed by atoms with Gasteiger partial charge in [0.2, 0.25) is 0 Å². The molecule has 6 nitrogen and oxygen atoms in total. The minimum Gasteiger partial charge on any atom is -0.387 e. The number of ketones is 1. The highest BCUT2D eigenvalue weighted by Crippen LogP contribution is 2.43. The molecule has 0 bridgehead atoms. The maximum atomic E-state index is 12.6. The first kappa shape index (κ1) is 17.2. The van der Waals surface area contributed by atoms with Crippen molar-refractivity contribution < 1.29 is 9.59 Å². The lowest BCUT2D eigenvalue weighted by Gasteiger charge is -2.38. The molecule has 1 aromatic rings. The number of carbonyl (C=O) groups is 2. The van der Waals surface area contributed by atoms with Crippen molar-refractivity contribution in [3.05, 3.63) is 35.0 Å². The first-order valence-corrected chi connectivity index (χ1v) is 8.43. The van der Waals surface area contributed by atoms with Crippen LogP contribution in [0.3, 0.4) is 0 Å². The van der Waals surface area contributed by atoms with E-state index in [1.807, 2.05) is 24.1 Å². The van der Waals surface area contributed by atoms with Gasteiger partial charge in [-0.15, -0.1) is 0 Å². The minimum atomic E-state index is -0.483. The van der Waals surface area contributed by atoms with E-state index in [0.717, 1.165) is 29.1 Å². The quantitative estimate of drug-likeness (QED) is 0.885. The largest absolute Gasteiger partial charge is 0.387 e. The molecule has 132 valence electrons. The molecule has 3 N–H and O–H groups in total. The van der Waals surface area contributed by atoms with E-state index in [4.69, 9.17) is 5.73 Å². The molecule has 0 fully saturated rings. The van der Waals surface area contributed by atoms with Gasteiger partial charge in [-0.25, -0.2) is 5.01 Å². The van der Waals surface area contributed by atoms with E-state index in [-0.39, 0.29) is 11.2 Å². The molecule has 0 saturated heterocycles. The molecule has 0 atom stereocenters. The van der Waals surface area contributed by atoms with Crippen molar-refractivity contribution in [1.82, 2.24) is 0 Å². The average Bonchev–Trinajstić information content (AvgIpc) is 2.53. The van der Waals surface area contributed by atoms with Gasteiger partial charge in [0.05, 0.1) is 16.9 Å².